The molecule has 0 radical (unpaired) electrons. The Hall–Kier alpha value is -2.45. The second kappa shape index (κ2) is 6.58. The molecule has 8 heteroatoms. The van der Waals surface area contributed by atoms with Gasteiger partial charge in [0.2, 0.25) is 0 Å². The highest BCUT2D eigenvalue weighted by atomic mass is 32.2. The minimum absolute atomic E-state index is 0.123. The predicted molar refractivity (Wildman–Crippen MR) is 94.7 cm³/mol. The van der Waals surface area contributed by atoms with Crippen molar-refractivity contribution in [2.75, 3.05) is 24.3 Å². The zero-order valence-corrected chi connectivity index (χ0v) is 14.1. The molecule has 0 saturated heterocycles. The van der Waals surface area contributed by atoms with Crippen molar-refractivity contribution in [2.24, 2.45) is 0 Å². The molecule has 3 aromatic rings. The Kier molecular flexibility index (Phi) is 4.50. The SMILES string of the molecule is CS(=O)(=O)CCNCc1cccn1-c1ccc2ncnc(N)c2c1. The van der Waals surface area contributed by atoms with Crippen molar-refractivity contribution in [3.05, 3.63) is 48.5 Å². The van der Waals surface area contributed by atoms with Crippen LogP contribution in [0.4, 0.5) is 5.82 Å². The van der Waals surface area contributed by atoms with E-state index < -0.39 is 9.84 Å². The monoisotopic (exact) mass is 345 g/mol. The molecule has 0 aliphatic heterocycles. The average molecular weight is 345 g/mol. The summed E-state index contributed by atoms with van der Waals surface area (Å²) in [4.78, 5) is 8.22. The molecule has 126 valence electrons. The fourth-order valence-corrected chi connectivity index (χ4v) is 3.02. The maximum Gasteiger partial charge on any atom is 0.148 e. The van der Waals surface area contributed by atoms with Gasteiger partial charge < -0.3 is 15.6 Å². The van der Waals surface area contributed by atoms with E-state index in [2.05, 4.69) is 15.3 Å². The van der Waals surface area contributed by atoms with Crippen LogP contribution in [0.5, 0.6) is 0 Å². The van der Waals surface area contributed by atoms with Crippen LogP contribution in [0, 0.1) is 0 Å². The van der Waals surface area contributed by atoms with Gasteiger partial charge in [-0.15, -0.1) is 0 Å². The number of sulfone groups is 1. The van der Waals surface area contributed by atoms with Crippen molar-refractivity contribution >= 4 is 26.6 Å². The van der Waals surface area contributed by atoms with Crippen LogP contribution >= 0.6 is 0 Å². The minimum Gasteiger partial charge on any atom is -0.383 e. The van der Waals surface area contributed by atoms with Crippen molar-refractivity contribution in [2.45, 2.75) is 6.54 Å². The molecule has 24 heavy (non-hydrogen) atoms. The topological polar surface area (TPSA) is 103 Å². The van der Waals surface area contributed by atoms with Crippen molar-refractivity contribution in [3.8, 4) is 5.69 Å². The molecule has 0 unspecified atom stereocenters. The summed E-state index contributed by atoms with van der Waals surface area (Å²) in [5.41, 5.74) is 8.70. The summed E-state index contributed by atoms with van der Waals surface area (Å²) in [5.74, 6) is 0.569. The molecule has 0 bridgehead atoms. The van der Waals surface area contributed by atoms with Crippen LogP contribution in [-0.4, -0.2) is 41.5 Å². The lowest BCUT2D eigenvalue weighted by molar-refractivity contribution is 0.595. The van der Waals surface area contributed by atoms with Crippen LogP contribution in [-0.2, 0) is 16.4 Å². The summed E-state index contributed by atoms with van der Waals surface area (Å²) >= 11 is 0. The second-order valence-electron chi connectivity index (χ2n) is 5.64. The van der Waals surface area contributed by atoms with Gasteiger partial charge in [0.25, 0.3) is 0 Å². The molecule has 3 N–H and O–H groups in total. The van der Waals surface area contributed by atoms with Crippen LogP contribution in [0.3, 0.4) is 0 Å². The molecule has 0 fully saturated rings. The molecule has 1 aromatic carbocycles. The number of aromatic nitrogens is 3. The molecule has 3 rings (SSSR count). The highest BCUT2D eigenvalue weighted by Crippen LogP contribution is 2.21. The third-order valence-electron chi connectivity index (χ3n) is 3.72. The largest absolute Gasteiger partial charge is 0.383 e. The Balaban J connectivity index is 1.81. The van der Waals surface area contributed by atoms with E-state index in [0.717, 1.165) is 22.3 Å². The fourth-order valence-electron chi connectivity index (χ4n) is 2.50. The van der Waals surface area contributed by atoms with Crippen LogP contribution in [0.1, 0.15) is 5.69 Å². The lowest BCUT2D eigenvalue weighted by Gasteiger charge is -2.11. The van der Waals surface area contributed by atoms with E-state index in [0.29, 0.717) is 18.9 Å². The first-order valence-corrected chi connectivity index (χ1v) is 9.55. The van der Waals surface area contributed by atoms with E-state index in [1.165, 1.54) is 12.6 Å². The summed E-state index contributed by atoms with van der Waals surface area (Å²) in [7, 11) is -2.95. The minimum atomic E-state index is -2.95. The number of hydrogen-bond acceptors (Lipinski definition) is 6. The normalized spacial score (nSPS) is 11.9. The number of rotatable bonds is 6. The summed E-state index contributed by atoms with van der Waals surface area (Å²) in [6.07, 6.45) is 4.64. The van der Waals surface area contributed by atoms with Gasteiger partial charge in [0.15, 0.2) is 0 Å². The summed E-state index contributed by atoms with van der Waals surface area (Å²) in [6, 6.07) is 9.76. The molecule has 2 heterocycles. The highest BCUT2D eigenvalue weighted by Gasteiger charge is 2.07. The van der Waals surface area contributed by atoms with Gasteiger partial charge >= 0.3 is 0 Å². The molecule has 7 nitrogen and oxygen atoms in total. The Morgan fingerprint density at radius 2 is 2.08 bits per heavy atom. The number of nitrogen functional groups attached to an aromatic ring is 1. The smallest absolute Gasteiger partial charge is 0.148 e. The molecule has 0 atom stereocenters. The van der Waals surface area contributed by atoms with Gasteiger partial charge in [-0.05, 0) is 30.3 Å². The van der Waals surface area contributed by atoms with Gasteiger partial charge in [-0.25, -0.2) is 18.4 Å². The van der Waals surface area contributed by atoms with Crippen molar-refractivity contribution < 1.29 is 8.42 Å². The Morgan fingerprint density at radius 3 is 2.88 bits per heavy atom. The second-order valence-corrected chi connectivity index (χ2v) is 7.90. The summed E-state index contributed by atoms with van der Waals surface area (Å²) in [5, 5.41) is 3.96. The van der Waals surface area contributed by atoms with Gasteiger partial charge in [0.05, 0.1) is 11.3 Å². The van der Waals surface area contributed by atoms with Crippen molar-refractivity contribution in [1.29, 1.82) is 0 Å². The zero-order valence-electron chi connectivity index (χ0n) is 13.3. The number of anilines is 1. The number of nitrogens with zero attached hydrogens (tertiary/aromatic N) is 3. The molecule has 0 aliphatic rings. The van der Waals surface area contributed by atoms with E-state index in [4.69, 9.17) is 5.73 Å². The van der Waals surface area contributed by atoms with Gasteiger partial charge in [-0.3, -0.25) is 0 Å². The molecule has 0 saturated carbocycles. The van der Waals surface area contributed by atoms with Gasteiger partial charge in [-0.1, -0.05) is 0 Å². The first-order valence-electron chi connectivity index (χ1n) is 7.49. The van der Waals surface area contributed by atoms with Gasteiger partial charge in [-0.2, -0.15) is 0 Å². The molecular formula is C16H19N5O2S. The maximum atomic E-state index is 11.2. The molecule has 0 spiro atoms. The predicted octanol–water partition coefficient (Wildman–Crippen LogP) is 1.14. The average Bonchev–Trinajstić information content (AvgIpc) is 2.99. The van der Waals surface area contributed by atoms with E-state index in [1.807, 2.05) is 41.1 Å². The van der Waals surface area contributed by atoms with E-state index in [-0.39, 0.29) is 5.75 Å². The summed E-state index contributed by atoms with van der Waals surface area (Å²) in [6.45, 7) is 0.990. The Bertz CT molecular complexity index is 966. The third-order valence-corrected chi connectivity index (χ3v) is 4.66. The number of benzene rings is 1. The van der Waals surface area contributed by atoms with Crippen LogP contribution in [0.25, 0.3) is 16.6 Å². The standard InChI is InChI=1S/C16H19N5O2S/c1-24(22,23)8-6-18-10-13-3-2-7-21(13)12-4-5-15-14(9-12)16(17)20-11-19-15/h2-5,7,9,11,18H,6,8,10H2,1H3,(H2,17,19,20). The first kappa shape index (κ1) is 16.4. The van der Waals surface area contributed by atoms with Crippen molar-refractivity contribution in [3.63, 3.8) is 0 Å². The Morgan fingerprint density at radius 1 is 1.25 bits per heavy atom. The first-order chi connectivity index (χ1) is 11.4. The number of fused-ring (bicyclic) bond motifs is 1. The van der Waals surface area contributed by atoms with Crippen LogP contribution in [0.2, 0.25) is 0 Å². The van der Waals surface area contributed by atoms with Crippen molar-refractivity contribution in [1.82, 2.24) is 19.9 Å². The molecule has 0 aliphatic carbocycles. The third kappa shape index (κ3) is 3.72. The number of hydrogen-bond donors (Lipinski definition) is 2. The van der Waals surface area contributed by atoms with E-state index in [9.17, 15) is 8.42 Å². The fraction of sp³-hybridized carbons (Fsp3) is 0.250. The Labute approximate surface area is 140 Å². The maximum absolute atomic E-state index is 11.2. The lowest BCUT2D eigenvalue weighted by Crippen LogP contribution is -2.23. The molecule has 2 aromatic heterocycles. The number of nitrogens with two attached hydrogens (primary N) is 1. The van der Waals surface area contributed by atoms with E-state index in [1.54, 1.807) is 0 Å². The van der Waals surface area contributed by atoms with Crippen LogP contribution < -0.4 is 11.1 Å². The lowest BCUT2D eigenvalue weighted by atomic mass is 10.2. The van der Waals surface area contributed by atoms with Gasteiger partial charge in [0.1, 0.15) is 22.0 Å². The quantitative estimate of drug-likeness (QED) is 0.649. The zero-order chi connectivity index (χ0) is 17.2. The number of nitrogens with one attached hydrogen (secondary N) is 1. The summed E-state index contributed by atoms with van der Waals surface area (Å²) < 4.78 is 24.4. The van der Waals surface area contributed by atoms with Crippen LogP contribution in [0.15, 0.2) is 42.9 Å². The molecular weight excluding hydrogens is 326 g/mol. The van der Waals surface area contributed by atoms with Gasteiger partial charge in [0, 0.05) is 42.3 Å². The highest BCUT2D eigenvalue weighted by molar-refractivity contribution is 7.90. The van der Waals surface area contributed by atoms with E-state index >= 15 is 0 Å². The molecule has 0 amide bonds.